The Hall–Kier alpha value is -1.70. The van der Waals surface area contributed by atoms with Gasteiger partial charge in [-0.25, -0.2) is 4.98 Å². The Bertz CT molecular complexity index is 650. The van der Waals surface area contributed by atoms with Gasteiger partial charge in [-0.15, -0.1) is 0 Å². The van der Waals surface area contributed by atoms with Crippen LogP contribution in [-0.2, 0) is 9.53 Å². The molecule has 1 aliphatic rings. The highest BCUT2D eigenvalue weighted by atomic mass is 32.1. The van der Waals surface area contributed by atoms with Crippen molar-refractivity contribution in [2.45, 2.75) is 12.8 Å². The van der Waals surface area contributed by atoms with Crippen molar-refractivity contribution >= 4 is 32.6 Å². The fraction of sp³-hybridized carbons (Fsp3) is 0.556. The van der Waals surface area contributed by atoms with Gasteiger partial charge in [0.2, 0.25) is 5.91 Å². The molecule has 6 nitrogen and oxygen atoms in total. The lowest BCUT2D eigenvalue weighted by Gasteiger charge is -2.31. The van der Waals surface area contributed by atoms with Crippen LogP contribution in [0, 0.1) is 5.92 Å². The number of thiazole rings is 1. The normalized spacial score (nSPS) is 15.6. The molecule has 25 heavy (non-hydrogen) atoms. The molecule has 3 rings (SSSR count). The first-order valence-corrected chi connectivity index (χ1v) is 9.67. The van der Waals surface area contributed by atoms with Crippen molar-refractivity contribution in [2.24, 2.45) is 5.92 Å². The van der Waals surface area contributed by atoms with Crippen molar-refractivity contribution in [3.05, 3.63) is 24.3 Å². The van der Waals surface area contributed by atoms with E-state index >= 15 is 0 Å². The van der Waals surface area contributed by atoms with Gasteiger partial charge in [-0.2, -0.15) is 0 Å². The third kappa shape index (κ3) is 4.90. The molecular formula is C18H26N4O2S. The standard InChI is InChI=1S/C18H26N4O2S/c1-24-13-10-19-8-9-20-17(23)14-6-11-22(12-7-14)18-21-15-4-2-3-5-16(15)25-18/h2-5,14,19H,6-13H2,1H3,(H,20,23). The molecule has 1 fully saturated rings. The van der Waals surface area contributed by atoms with Crippen LogP contribution in [0.1, 0.15) is 12.8 Å². The van der Waals surface area contributed by atoms with Gasteiger partial charge in [0.25, 0.3) is 0 Å². The van der Waals surface area contributed by atoms with Gasteiger partial charge in [0.1, 0.15) is 0 Å². The number of benzene rings is 1. The number of hydrogen-bond acceptors (Lipinski definition) is 6. The fourth-order valence-corrected chi connectivity index (χ4v) is 4.06. The maximum absolute atomic E-state index is 12.3. The summed E-state index contributed by atoms with van der Waals surface area (Å²) in [4.78, 5) is 19.3. The van der Waals surface area contributed by atoms with Crippen molar-refractivity contribution in [1.82, 2.24) is 15.6 Å². The third-order valence-electron chi connectivity index (χ3n) is 4.50. The Kier molecular flexibility index (Phi) is 6.61. The second-order valence-corrected chi connectivity index (χ2v) is 7.27. The molecule has 0 aliphatic carbocycles. The van der Waals surface area contributed by atoms with E-state index < -0.39 is 0 Å². The zero-order valence-electron chi connectivity index (χ0n) is 14.7. The average Bonchev–Trinajstić information content (AvgIpc) is 3.09. The smallest absolute Gasteiger partial charge is 0.223 e. The fourth-order valence-electron chi connectivity index (χ4n) is 3.05. The molecule has 1 aromatic heterocycles. The summed E-state index contributed by atoms with van der Waals surface area (Å²) in [6.07, 6.45) is 1.78. The Morgan fingerprint density at radius 1 is 1.28 bits per heavy atom. The molecule has 0 spiro atoms. The number of hydrogen-bond donors (Lipinski definition) is 2. The van der Waals surface area contributed by atoms with Crippen LogP contribution >= 0.6 is 11.3 Å². The predicted molar refractivity (Wildman–Crippen MR) is 102 cm³/mol. The Balaban J connectivity index is 1.41. The van der Waals surface area contributed by atoms with Crippen LogP contribution in [0.25, 0.3) is 10.2 Å². The number of fused-ring (bicyclic) bond motifs is 1. The zero-order valence-corrected chi connectivity index (χ0v) is 15.5. The molecule has 1 aromatic carbocycles. The maximum atomic E-state index is 12.3. The van der Waals surface area contributed by atoms with Crippen LogP contribution in [0.5, 0.6) is 0 Å². The summed E-state index contributed by atoms with van der Waals surface area (Å²) in [6, 6.07) is 8.23. The lowest BCUT2D eigenvalue weighted by atomic mass is 9.96. The topological polar surface area (TPSA) is 66.5 Å². The first-order chi connectivity index (χ1) is 12.3. The monoisotopic (exact) mass is 362 g/mol. The maximum Gasteiger partial charge on any atom is 0.223 e. The van der Waals surface area contributed by atoms with Gasteiger partial charge in [0.15, 0.2) is 5.13 Å². The van der Waals surface area contributed by atoms with E-state index in [0.29, 0.717) is 13.2 Å². The van der Waals surface area contributed by atoms with Crippen LogP contribution in [0.3, 0.4) is 0 Å². The number of carbonyl (C=O) groups excluding carboxylic acids is 1. The van der Waals surface area contributed by atoms with Gasteiger partial charge in [0, 0.05) is 45.8 Å². The van der Waals surface area contributed by atoms with E-state index in [1.807, 2.05) is 12.1 Å². The SMILES string of the molecule is COCCNCCNC(=O)C1CCN(c2nc3ccccc3s2)CC1. The second-order valence-electron chi connectivity index (χ2n) is 6.26. The molecular weight excluding hydrogens is 336 g/mol. The summed E-state index contributed by atoms with van der Waals surface area (Å²) in [5.41, 5.74) is 1.06. The number of ether oxygens (including phenoxy) is 1. The highest BCUT2D eigenvalue weighted by Crippen LogP contribution is 2.31. The lowest BCUT2D eigenvalue weighted by Crippen LogP contribution is -2.42. The Morgan fingerprint density at radius 2 is 2.08 bits per heavy atom. The number of aromatic nitrogens is 1. The molecule has 0 unspecified atom stereocenters. The summed E-state index contributed by atoms with van der Waals surface area (Å²) in [7, 11) is 1.68. The molecule has 1 aliphatic heterocycles. The second kappa shape index (κ2) is 9.12. The molecule has 0 atom stereocenters. The molecule has 0 radical (unpaired) electrons. The Morgan fingerprint density at radius 3 is 2.84 bits per heavy atom. The van der Waals surface area contributed by atoms with Crippen LogP contribution in [0.15, 0.2) is 24.3 Å². The number of nitrogens with one attached hydrogen (secondary N) is 2. The summed E-state index contributed by atoms with van der Waals surface area (Å²) >= 11 is 1.73. The van der Waals surface area contributed by atoms with Gasteiger partial charge >= 0.3 is 0 Å². The van der Waals surface area contributed by atoms with Gasteiger partial charge in [0.05, 0.1) is 16.8 Å². The van der Waals surface area contributed by atoms with E-state index in [0.717, 1.165) is 49.7 Å². The lowest BCUT2D eigenvalue weighted by molar-refractivity contribution is -0.125. The van der Waals surface area contributed by atoms with Crippen molar-refractivity contribution < 1.29 is 9.53 Å². The van der Waals surface area contributed by atoms with Crippen molar-refractivity contribution in [1.29, 1.82) is 0 Å². The van der Waals surface area contributed by atoms with E-state index in [1.54, 1.807) is 18.4 Å². The molecule has 1 amide bonds. The van der Waals surface area contributed by atoms with E-state index in [9.17, 15) is 4.79 Å². The van der Waals surface area contributed by atoms with E-state index in [4.69, 9.17) is 9.72 Å². The first kappa shape index (κ1) is 18.1. The van der Waals surface area contributed by atoms with Crippen molar-refractivity contribution in [2.75, 3.05) is 51.3 Å². The molecule has 136 valence electrons. The van der Waals surface area contributed by atoms with E-state index in [2.05, 4.69) is 27.7 Å². The number of anilines is 1. The number of para-hydroxylation sites is 1. The third-order valence-corrected chi connectivity index (χ3v) is 5.60. The largest absolute Gasteiger partial charge is 0.383 e. The summed E-state index contributed by atoms with van der Waals surface area (Å²) in [6.45, 7) is 4.74. The van der Waals surface area contributed by atoms with Crippen LogP contribution in [0.2, 0.25) is 0 Å². The van der Waals surface area contributed by atoms with Crippen LogP contribution in [0.4, 0.5) is 5.13 Å². The van der Waals surface area contributed by atoms with E-state index in [-0.39, 0.29) is 11.8 Å². The average molecular weight is 362 g/mol. The highest BCUT2D eigenvalue weighted by Gasteiger charge is 2.26. The quantitative estimate of drug-likeness (QED) is 0.702. The van der Waals surface area contributed by atoms with E-state index in [1.165, 1.54) is 4.70 Å². The number of piperidine rings is 1. The van der Waals surface area contributed by atoms with Gasteiger partial charge in [-0.1, -0.05) is 23.5 Å². The highest BCUT2D eigenvalue weighted by molar-refractivity contribution is 7.22. The first-order valence-electron chi connectivity index (χ1n) is 8.86. The van der Waals surface area contributed by atoms with Crippen molar-refractivity contribution in [3.8, 4) is 0 Å². The molecule has 2 heterocycles. The minimum atomic E-state index is 0.115. The number of nitrogens with zero attached hydrogens (tertiary/aromatic N) is 2. The van der Waals surface area contributed by atoms with Crippen molar-refractivity contribution in [3.63, 3.8) is 0 Å². The van der Waals surface area contributed by atoms with Gasteiger partial charge < -0.3 is 20.3 Å². The minimum Gasteiger partial charge on any atom is -0.383 e. The van der Waals surface area contributed by atoms with Gasteiger partial charge in [-0.05, 0) is 25.0 Å². The molecule has 0 bridgehead atoms. The predicted octanol–water partition coefficient (Wildman–Crippen LogP) is 1.86. The summed E-state index contributed by atoms with van der Waals surface area (Å²) in [5, 5.41) is 7.33. The van der Waals surface area contributed by atoms with Gasteiger partial charge in [-0.3, -0.25) is 4.79 Å². The summed E-state index contributed by atoms with van der Waals surface area (Å²) in [5.74, 6) is 0.294. The minimum absolute atomic E-state index is 0.115. The number of rotatable bonds is 8. The summed E-state index contributed by atoms with van der Waals surface area (Å²) < 4.78 is 6.19. The Labute approximate surface area is 152 Å². The molecule has 2 aromatic rings. The molecule has 0 saturated carbocycles. The number of amides is 1. The van der Waals surface area contributed by atoms with Crippen LogP contribution in [-0.4, -0.2) is 57.3 Å². The molecule has 7 heteroatoms. The zero-order chi connectivity index (χ0) is 17.5. The van der Waals surface area contributed by atoms with Crippen LogP contribution < -0.4 is 15.5 Å². The molecule has 2 N–H and O–H groups in total. The number of carbonyl (C=O) groups is 1. The molecule has 1 saturated heterocycles. The number of methoxy groups -OCH3 is 1.